The third kappa shape index (κ3) is 4.86. The van der Waals surface area contributed by atoms with Gasteiger partial charge < -0.3 is 14.5 Å². The van der Waals surface area contributed by atoms with Gasteiger partial charge in [0.25, 0.3) is 0 Å². The van der Waals surface area contributed by atoms with Gasteiger partial charge in [-0.05, 0) is 18.6 Å². The lowest BCUT2D eigenvalue weighted by Gasteiger charge is -2.24. The first-order chi connectivity index (χ1) is 12.9. The van der Waals surface area contributed by atoms with E-state index in [4.69, 9.17) is 16.3 Å². The number of ether oxygens (including phenoxy) is 1. The van der Waals surface area contributed by atoms with Crippen molar-refractivity contribution >= 4 is 23.3 Å². The molecule has 2 aromatic rings. The van der Waals surface area contributed by atoms with Crippen LogP contribution < -0.4 is 9.64 Å². The Morgan fingerprint density at radius 3 is 2.74 bits per heavy atom. The van der Waals surface area contributed by atoms with Crippen LogP contribution in [0.25, 0.3) is 0 Å². The third-order valence-corrected chi connectivity index (χ3v) is 4.66. The van der Waals surface area contributed by atoms with Crippen molar-refractivity contribution in [1.82, 2.24) is 14.9 Å². The Balaban J connectivity index is 1.69. The Hall–Kier alpha value is -2.41. The molecule has 27 heavy (non-hydrogen) atoms. The molecule has 0 radical (unpaired) electrons. The number of benzene rings is 1. The maximum Gasteiger partial charge on any atom is 0.225 e. The molecule has 0 saturated carbocycles. The molecule has 144 valence electrons. The summed E-state index contributed by atoms with van der Waals surface area (Å²) in [5, 5.41) is -0.00999. The minimum absolute atomic E-state index is 0.00173. The largest absolute Gasteiger partial charge is 0.439 e. The van der Waals surface area contributed by atoms with E-state index in [2.05, 4.69) is 14.9 Å². The number of nitrogens with zero attached hydrogens (tertiary/aromatic N) is 4. The van der Waals surface area contributed by atoms with Gasteiger partial charge >= 0.3 is 0 Å². The van der Waals surface area contributed by atoms with Crippen molar-refractivity contribution in [1.29, 1.82) is 0 Å². The number of amides is 1. The first kappa shape index (κ1) is 19.4. The Bertz CT molecular complexity index is 818. The Morgan fingerprint density at radius 2 is 2.00 bits per heavy atom. The van der Waals surface area contributed by atoms with Crippen LogP contribution in [-0.4, -0.2) is 47.0 Å². The Labute approximate surface area is 162 Å². The van der Waals surface area contributed by atoms with Crippen LogP contribution in [0.4, 0.5) is 10.2 Å². The minimum atomic E-state index is -0.502. The molecular formula is C19H22ClFN4O2. The van der Waals surface area contributed by atoms with Crippen LogP contribution >= 0.6 is 11.6 Å². The predicted molar refractivity (Wildman–Crippen MR) is 102 cm³/mol. The fourth-order valence-electron chi connectivity index (χ4n) is 2.95. The number of halogens is 2. The van der Waals surface area contributed by atoms with Crippen LogP contribution in [0.3, 0.4) is 0 Å². The highest BCUT2D eigenvalue weighted by atomic mass is 35.5. The maximum absolute atomic E-state index is 13.3. The smallest absolute Gasteiger partial charge is 0.225 e. The zero-order valence-electron chi connectivity index (χ0n) is 15.4. The highest BCUT2D eigenvalue weighted by Crippen LogP contribution is 2.26. The lowest BCUT2D eigenvalue weighted by atomic mass is 10.2. The molecule has 8 heteroatoms. The number of aromatic nitrogens is 2. The summed E-state index contributed by atoms with van der Waals surface area (Å²) in [6.45, 7) is 6.72. The van der Waals surface area contributed by atoms with E-state index in [-0.39, 0.29) is 16.8 Å². The molecule has 1 saturated heterocycles. The molecule has 1 aliphatic heterocycles. The number of carbonyl (C=O) groups excluding carboxylic acids is 1. The van der Waals surface area contributed by atoms with Gasteiger partial charge in [-0.2, -0.15) is 0 Å². The molecule has 0 atom stereocenters. The summed E-state index contributed by atoms with van der Waals surface area (Å²) in [5.41, 5.74) is 0. The predicted octanol–water partition coefficient (Wildman–Crippen LogP) is 3.76. The molecule has 0 spiro atoms. The Morgan fingerprint density at radius 1 is 1.19 bits per heavy atom. The zero-order chi connectivity index (χ0) is 19.4. The van der Waals surface area contributed by atoms with E-state index >= 15 is 0 Å². The SMILES string of the molecule is CC(C)C(=O)N1CCCN(c2cc(Oc3ccc(F)c(Cl)c3)ncn2)CC1. The lowest BCUT2D eigenvalue weighted by Crippen LogP contribution is -2.37. The van der Waals surface area contributed by atoms with Crippen molar-refractivity contribution in [3.05, 3.63) is 41.4 Å². The summed E-state index contributed by atoms with van der Waals surface area (Å²) in [6.07, 6.45) is 2.30. The summed E-state index contributed by atoms with van der Waals surface area (Å²) in [5.74, 6) is 1.15. The lowest BCUT2D eigenvalue weighted by molar-refractivity contribution is -0.134. The van der Waals surface area contributed by atoms with Crippen LogP contribution in [0.5, 0.6) is 11.6 Å². The molecule has 3 rings (SSSR count). The summed E-state index contributed by atoms with van der Waals surface area (Å²) >= 11 is 5.78. The molecule has 0 bridgehead atoms. The second kappa shape index (κ2) is 8.52. The number of rotatable bonds is 4. The average molecular weight is 393 g/mol. The fraction of sp³-hybridized carbons (Fsp3) is 0.421. The molecule has 1 amide bonds. The highest BCUT2D eigenvalue weighted by molar-refractivity contribution is 6.30. The minimum Gasteiger partial charge on any atom is -0.439 e. The highest BCUT2D eigenvalue weighted by Gasteiger charge is 2.22. The normalized spacial score (nSPS) is 15.0. The summed E-state index contributed by atoms with van der Waals surface area (Å²) in [6, 6.07) is 5.87. The van der Waals surface area contributed by atoms with E-state index in [1.54, 1.807) is 6.07 Å². The fourth-order valence-corrected chi connectivity index (χ4v) is 3.12. The van der Waals surface area contributed by atoms with E-state index in [1.807, 2.05) is 18.7 Å². The zero-order valence-corrected chi connectivity index (χ0v) is 16.1. The molecule has 0 N–H and O–H groups in total. The number of carbonyl (C=O) groups is 1. The van der Waals surface area contributed by atoms with E-state index in [9.17, 15) is 9.18 Å². The van der Waals surface area contributed by atoms with Gasteiger partial charge in [0.1, 0.15) is 23.7 Å². The van der Waals surface area contributed by atoms with E-state index < -0.39 is 5.82 Å². The van der Waals surface area contributed by atoms with Crippen molar-refractivity contribution in [3.8, 4) is 11.6 Å². The van der Waals surface area contributed by atoms with Crippen molar-refractivity contribution in [2.75, 3.05) is 31.1 Å². The van der Waals surface area contributed by atoms with Crippen molar-refractivity contribution in [2.45, 2.75) is 20.3 Å². The van der Waals surface area contributed by atoms with Crippen molar-refractivity contribution in [2.24, 2.45) is 5.92 Å². The van der Waals surface area contributed by atoms with Gasteiger partial charge in [0.2, 0.25) is 11.8 Å². The molecule has 1 aromatic heterocycles. The molecule has 2 heterocycles. The molecule has 0 aliphatic carbocycles. The van der Waals surface area contributed by atoms with Gasteiger partial charge in [-0.1, -0.05) is 25.4 Å². The first-order valence-electron chi connectivity index (χ1n) is 8.92. The van der Waals surface area contributed by atoms with Crippen LogP contribution in [-0.2, 0) is 4.79 Å². The van der Waals surface area contributed by atoms with Crippen LogP contribution in [0.15, 0.2) is 30.6 Å². The molecule has 0 unspecified atom stereocenters. The standard InChI is InChI=1S/C19H22ClFN4O2/c1-13(2)19(26)25-7-3-6-24(8-9-25)17-11-18(23-12-22-17)27-14-4-5-16(21)15(20)10-14/h4-5,10-13H,3,6-9H2,1-2H3. The summed E-state index contributed by atoms with van der Waals surface area (Å²) in [7, 11) is 0. The van der Waals surface area contributed by atoms with Crippen LogP contribution in [0.2, 0.25) is 5.02 Å². The second-order valence-corrected chi connectivity index (χ2v) is 7.12. The average Bonchev–Trinajstić information content (AvgIpc) is 2.90. The van der Waals surface area contributed by atoms with Crippen LogP contribution in [0.1, 0.15) is 20.3 Å². The van der Waals surface area contributed by atoms with Gasteiger partial charge in [-0.15, -0.1) is 0 Å². The quantitative estimate of drug-likeness (QED) is 0.793. The number of hydrogen-bond donors (Lipinski definition) is 0. The van der Waals surface area contributed by atoms with Gasteiger partial charge in [0.05, 0.1) is 5.02 Å². The maximum atomic E-state index is 13.3. The second-order valence-electron chi connectivity index (χ2n) is 6.71. The van der Waals surface area contributed by atoms with Gasteiger partial charge in [-0.3, -0.25) is 4.79 Å². The van der Waals surface area contributed by atoms with Gasteiger partial charge in [0, 0.05) is 44.2 Å². The molecule has 1 aromatic carbocycles. The molecule has 1 fully saturated rings. The van der Waals surface area contributed by atoms with E-state index in [1.165, 1.54) is 24.5 Å². The van der Waals surface area contributed by atoms with E-state index in [0.717, 1.165) is 25.3 Å². The number of anilines is 1. The molecular weight excluding hydrogens is 371 g/mol. The van der Waals surface area contributed by atoms with E-state index in [0.29, 0.717) is 24.7 Å². The van der Waals surface area contributed by atoms with Gasteiger partial charge in [0.15, 0.2) is 0 Å². The molecule has 1 aliphatic rings. The first-order valence-corrected chi connectivity index (χ1v) is 9.30. The summed E-state index contributed by atoms with van der Waals surface area (Å²) < 4.78 is 18.9. The number of hydrogen-bond acceptors (Lipinski definition) is 5. The third-order valence-electron chi connectivity index (χ3n) is 4.37. The summed E-state index contributed by atoms with van der Waals surface area (Å²) in [4.78, 5) is 24.7. The van der Waals surface area contributed by atoms with Crippen LogP contribution in [0, 0.1) is 11.7 Å². The van der Waals surface area contributed by atoms with Crippen molar-refractivity contribution in [3.63, 3.8) is 0 Å². The van der Waals surface area contributed by atoms with Crippen molar-refractivity contribution < 1.29 is 13.9 Å². The monoisotopic (exact) mass is 392 g/mol. The van der Waals surface area contributed by atoms with Gasteiger partial charge in [-0.25, -0.2) is 14.4 Å². The Kier molecular flexibility index (Phi) is 6.11. The molecule has 6 nitrogen and oxygen atoms in total. The topological polar surface area (TPSA) is 58.6 Å².